The molecule has 0 bridgehead atoms. The molecule has 4 nitrogen and oxygen atoms in total. The van der Waals surface area contributed by atoms with Crippen LogP contribution in [0.1, 0.15) is 31.8 Å². The number of aryl methyl sites for hydroxylation is 2. The van der Waals surface area contributed by atoms with Gasteiger partial charge in [-0.2, -0.15) is 0 Å². The van der Waals surface area contributed by atoms with Crippen LogP contribution in [0.2, 0.25) is 0 Å². The molecule has 2 aromatic carbocycles. The summed E-state index contributed by atoms with van der Waals surface area (Å²) in [6.45, 7) is 3.50. The first-order valence-corrected chi connectivity index (χ1v) is 6.54. The molecular weight excluding hydrogens is 268 g/mol. The summed E-state index contributed by atoms with van der Waals surface area (Å²) in [5.41, 5.74) is 2.78. The van der Waals surface area contributed by atoms with E-state index in [1.165, 1.54) is 24.3 Å². The second-order valence-corrected chi connectivity index (χ2v) is 4.86. The van der Waals surface area contributed by atoms with Crippen LogP contribution < -0.4 is 0 Å². The number of carbonyl (C=O) groups is 2. The van der Waals surface area contributed by atoms with Crippen LogP contribution in [0.25, 0.3) is 0 Å². The van der Waals surface area contributed by atoms with E-state index in [0.29, 0.717) is 11.1 Å². The number of benzene rings is 2. The van der Waals surface area contributed by atoms with Gasteiger partial charge in [-0.1, -0.05) is 23.8 Å². The highest BCUT2D eigenvalue weighted by atomic mass is 16.5. The maximum absolute atomic E-state index is 12.0. The first kappa shape index (κ1) is 14.8. The summed E-state index contributed by atoms with van der Waals surface area (Å²) in [6, 6.07) is 11.2. The van der Waals surface area contributed by atoms with Gasteiger partial charge in [0, 0.05) is 5.56 Å². The van der Waals surface area contributed by atoms with Gasteiger partial charge in [0.1, 0.15) is 5.75 Å². The number of ether oxygens (including phenoxy) is 1. The molecule has 0 saturated carbocycles. The standard InChI is InChI=1S/C17H16O4/c1-11-3-8-15(12(2)9-11)16(19)10-21-17(20)13-4-6-14(18)7-5-13/h3-9,18H,10H2,1-2H3. The lowest BCUT2D eigenvalue weighted by molar-refractivity contribution is 0.0474. The van der Waals surface area contributed by atoms with Crippen molar-refractivity contribution < 1.29 is 19.4 Å². The molecule has 0 aliphatic heterocycles. The molecule has 1 N–H and O–H groups in total. The lowest BCUT2D eigenvalue weighted by Crippen LogP contribution is -2.15. The van der Waals surface area contributed by atoms with Gasteiger partial charge in [0.05, 0.1) is 5.56 Å². The van der Waals surface area contributed by atoms with E-state index in [1.54, 1.807) is 6.07 Å². The molecule has 0 radical (unpaired) electrons. The van der Waals surface area contributed by atoms with Gasteiger partial charge in [-0.3, -0.25) is 4.79 Å². The maximum Gasteiger partial charge on any atom is 0.338 e. The summed E-state index contributed by atoms with van der Waals surface area (Å²) in [6.07, 6.45) is 0. The van der Waals surface area contributed by atoms with E-state index in [-0.39, 0.29) is 18.1 Å². The van der Waals surface area contributed by atoms with Crippen LogP contribution in [-0.4, -0.2) is 23.5 Å². The van der Waals surface area contributed by atoms with Crippen molar-refractivity contribution in [3.05, 3.63) is 64.7 Å². The van der Waals surface area contributed by atoms with Gasteiger partial charge in [-0.15, -0.1) is 0 Å². The number of ketones is 1. The van der Waals surface area contributed by atoms with E-state index >= 15 is 0 Å². The largest absolute Gasteiger partial charge is 0.508 e. The number of phenolic OH excluding ortho intramolecular Hbond substituents is 1. The maximum atomic E-state index is 12.0. The number of carbonyl (C=O) groups excluding carboxylic acids is 2. The number of phenols is 1. The van der Waals surface area contributed by atoms with Crippen molar-refractivity contribution in [1.82, 2.24) is 0 Å². The molecule has 108 valence electrons. The van der Waals surface area contributed by atoms with E-state index < -0.39 is 5.97 Å². The smallest absolute Gasteiger partial charge is 0.338 e. The fraction of sp³-hybridized carbons (Fsp3) is 0.176. The van der Waals surface area contributed by atoms with Crippen LogP contribution in [0.5, 0.6) is 5.75 Å². The highest BCUT2D eigenvalue weighted by Gasteiger charge is 2.13. The number of Topliss-reactive ketones (excluding diaryl/α,β-unsaturated/α-hetero) is 1. The van der Waals surface area contributed by atoms with Crippen molar-refractivity contribution in [2.45, 2.75) is 13.8 Å². The lowest BCUT2D eigenvalue weighted by Gasteiger charge is -2.07. The first-order chi connectivity index (χ1) is 9.97. The summed E-state index contributed by atoms with van der Waals surface area (Å²) in [5.74, 6) is -0.759. The van der Waals surface area contributed by atoms with Gasteiger partial charge in [-0.05, 0) is 43.7 Å². The minimum absolute atomic E-state index is 0.0675. The molecule has 0 aromatic heterocycles. The second kappa shape index (κ2) is 6.22. The van der Waals surface area contributed by atoms with Crippen LogP contribution >= 0.6 is 0 Å². The molecule has 0 saturated heterocycles. The Morgan fingerprint density at radius 1 is 1.05 bits per heavy atom. The van der Waals surface area contributed by atoms with E-state index in [0.717, 1.165) is 11.1 Å². The molecule has 0 aliphatic rings. The Bertz CT molecular complexity index is 672. The molecule has 0 unspecified atom stereocenters. The van der Waals surface area contributed by atoms with E-state index in [4.69, 9.17) is 9.84 Å². The summed E-state index contributed by atoms with van der Waals surface area (Å²) in [5, 5.41) is 9.15. The second-order valence-electron chi connectivity index (χ2n) is 4.86. The van der Waals surface area contributed by atoms with Crippen LogP contribution in [0, 0.1) is 13.8 Å². The predicted molar refractivity (Wildman–Crippen MR) is 78.6 cm³/mol. The minimum atomic E-state index is -0.590. The summed E-state index contributed by atoms with van der Waals surface area (Å²) in [7, 11) is 0. The number of aromatic hydroxyl groups is 1. The number of esters is 1. The Morgan fingerprint density at radius 2 is 1.71 bits per heavy atom. The van der Waals surface area contributed by atoms with Crippen molar-refractivity contribution in [2.24, 2.45) is 0 Å². The molecule has 0 amide bonds. The zero-order valence-electron chi connectivity index (χ0n) is 11.9. The normalized spacial score (nSPS) is 10.2. The van der Waals surface area contributed by atoms with Crippen LogP contribution in [0.3, 0.4) is 0 Å². The van der Waals surface area contributed by atoms with E-state index in [2.05, 4.69) is 0 Å². The summed E-state index contributed by atoms with van der Waals surface area (Å²) < 4.78 is 5.00. The monoisotopic (exact) mass is 284 g/mol. The molecule has 4 heteroatoms. The third-order valence-electron chi connectivity index (χ3n) is 3.12. The molecule has 21 heavy (non-hydrogen) atoms. The minimum Gasteiger partial charge on any atom is -0.508 e. The number of rotatable bonds is 4. The zero-order valence-corrected chi connectivity index (χ0v) is 11.9. The Labute approximate surface area is 123 Å². The van der Waals surface area contributed by atoms with Crippen molar-refractivity contribution in [3.8, 4) is 5.75 Å². The highest BCUT2D eigenvalue weighted by molar-refractivity contribution is 6.00. The molecule has 2 aromatic rings. The average Bonchev–Trinajstić information content (AvgIpc) is 2.45. The Hall–Kier alpha value is -2.62. The van der Waals surface area contributed by atoms with Gasteiger partial charge in [0.2, 0.25) is 5.78 Å². The van der Waals surface area contributed by atoms with Gasteiger partial charge >= 0.3 is 5.97 Å². The van der Waals surface area contributed by atoms with Crippen molar-refractivity contribution in [3.63, 3.8) is 0 Å². The van der Waals surface area contributed by atoms with E-state index in [9.17, 15) is 9.59 Å². The molecular formula is C17H16O4. The SMILES string of the molecule is Cc1ccc(C(=O)COC(=O)c2ccc(O)cc2)c(C)c1. The average molecular weight is 284 g/mol. The quantitative estimate of drug-likeness (QED) is 0.692. The molecule has 0 atom stereocenters. The molecule has 0 aliphatic carbocycles. The third-order valence-corrected chi connectivity index (χ3v) is 3.12. The Morgan fingerprint density at radius 3 is 2.33 bits per heavy atom. The van der Waals surface area contributed by atoms with Crippen LogP contribution in [0.4, 0.5) is 0 Å². The topological polar surface area (TPSA) is 63.6 Å². The number of hydrogen-bond donors (Lipinski definition) is 1. The van der Waals surface area contributed by atoms with Gasteiger partial charge < -0.3 is 9.84 Å². The zero-order chi connectivity index (χ0) is 15.4. The predicted octanol–water partition coefficient (Wildman–Crippen LogP) is 3.05. The molecule has 0 fully saturated rings. The van der Waals surface area contributed by atoms with Crippen LogP contribution in [-0.2, 0) is 4.74 Å². The summed E-state index contributed by atoms with van der Waals surface area (Å²) >= 11 is 0. The van der Waals surface area contributed by atoms with E-state index in [1.807, 2.05) is 26.0 Å². The summed E-state index contributed by atoms with van der Waals surface area (Å²) in [4.78, 5) is 23.8. The third kappa shape index (κ3) is 3.69. The Balaban J connectivity index is 2.00. The van der Waals surface area contributed by atoms with Crippen molar-refractivity contribution >= 4 is 11.8 Å². The lowest BCUT2D eigenvalue weighted by atomic mass is 10.0. The first-order valence-electron chi connectivity index (χ1n) is 6.54. The Kier molecular flexibility index (Phi) is 4.38. The fourth-order valence-electron chi connectivity index (χ4n) is 2.02. The fourth-order valence-corrected chi connectivity index (χ4v) is 2.02. The van der Waals surface area contributed by atoms with Crippen molar-refractivity contribution in [2.75, 3.05) is 6.61 Å². The number of hydrogen-bond acceptors (Lipinski definition) is 4. The molecule has 0 heterocycles. The highest BCUT2D eigenvalue weighted by Crippen LogP contribution is 2.13. The van der Waals surface area contributed by atoms with Gasteiger partial charge in [-0.25, -0.2) is 4.79 Å². The van der Waals surface area contributed by atoms with Crippen LogP contribution in [0.15, 0.2) is 42.5 Å². The molecule has 2 rings (SSSR count). The van der Waals surface area contributed by atoms with Gasteiger partial charge in [0.15, 0.2) is 6.61 Å². The van der Waals surface area contributed by atoms with Crippen molar-refractivity contribution in [1.29, 1.82) is 0 Å². The van der Waals surface area contributed by atoms with Gasteiger partial charge in [0.25, 0.3) is 0 Å². The molecule has 0 spiro atoms.